The van der Waals surface area contributed by atoms with Crippen LogP contribution in [-0.4, -0.2) is 4.98 Å². The van der Waals surface area contributed by atoms with E-state index in [1.165, 1.54) is 5.56 Å². The Morgan fingerprint density at radius 3 is 2.64 bits per heavy atom. The maximum atomic E-state index is 3.97. The van der Waals surface area contributed by atoms with Crippen LogP contribution < -0.4 is 0 Å². The molecule has 1 aromatic rings. The monoisotopic (exact) mass is 148 g/mol. The highest BCUT2D eigenvalue weighted by Gasteiger charge is 2.01. The first-order chi connectivity index (χ1) is 5.34. The molecule has 0 N–H and O–H groups in total. The van der Waals surface area contributed by atoms with E-state index >= 15 is 0 Å². The highest BCUT2D eigenvalue weighted by molar-refractivity contribution is 5.14. The summed E-state index contributed by atoms with van der Waals surface area (Å²) in [6.45, 7) is 6.06. The molecule has 1 heterocycles. The quantitative estimate of drug-likeness (QED) is 0.642. The van der Waals surface area contributed by atoms with Gasteiger partial charge in [-0.05, 0) is 30.0 Å². The Morgan fingerprint density at radius 2 is 2.09 bits per heavy atom. The second-order valence-corrected chi connectivity index (χ2v) is 2.82. The molecule has 0 fully saturated rings. The zero-order valence-corrected chi connectivity index (χ0v) is 6.96. The van der Waals surface area contributed by atoms with Crippen LogP contribution in [0.4, 0.5) is 0 Å². The molecule has 1 unspecified atom stereocenters. The minimum absolute atomic E-state index is 0.621. The molecule has 0 saturated heterocycles. The van der Waals surface area contributed by atoms with Gasteiger partial charge < -0.3 is 0 Å². The normalized spacial score (nSPS) is 12.9. The molecule has 1 heteroatoms. The van der Waals surface area contributed by atoms with E-state index in [0.29, 0.717) is 5.92 Å². The Kier molecular flexibility index (Phi) is 3.09. The van der Waals surface area contributed by atoms with Crippen LogP contribution in [0.25, 0.3) is 0 Å². The maximum absolute atomic E-state index is 3.97. The molecule has 1 nitrogen and oxygen atoms in total. The summed E-state index contributed by atoms with van der Waals surface area (Å²) in [4.78, 5) is 3.97. The van der Waals surface area contributed by atoms with Crippen LogP contribution in [0.5, 0.6) is 0 Å². The average molecular weight is 148 g/mol. The van der Waals surface area contributed by atoms with Crippen LogP contribution in [0.2, 0.25) is 0 Å². The fraction of sp³-hybridized carbons (Fsp3) is 0.400. The fourth-order valence-electron chi connectivity index (χ4n) is 1.16. The summed E-state index contributed by atoms with van der Waals surface area (Å²) in [6.07, 6.45) is 5.84. The summed E-state index contributed by atoms with van der Waals surface area (Å²) < 4.78 is 0. The zero-order valence-electron chi connectivity index (χ0n) is 6.96. The molecule has 1 atom stereocenters. The van der Waals surface area contributed by atoms with Crippen LogP contribution in [0.15, 0.2) is 24.5 Å². The number of nitrogens with zero attached hydrogens (tertiary/aromatic N) is 1. The van der Waals surface area contributed by atoms with E-state index in [0.717, 1.165) is 12.8 Å². The number of hydrogen-bond acceptors (Lipinski definition) is 1. The van der Waals surface area contributed by atoms with Crippen molar-refractivity contribution in [3.8, 4) is 0 Å². The smallest absolute Gasteiger partial charge is 0.0270 e. The van der Waals surface area contributed by atoms with Crippen molar-refractivity contribution in [3.63, 3.8) is 0 Å². The molecule has 0 aliphatic heterocycles. The summed E-state index contributed by atoms with van der Waals surface area (Å²) >= 11 is 0. The van der Waals surface area contributed by atoms with Crippen molar-refractivity contribution < 1.29 is 0 Å². The van der Waals surface area contributed by atoms with Gasteiger partial charge in [0.2, 0.25) is 0 Å². The molecule has 0 aliphatic carbocycles. The topological polar surface area (TPSA) is 12.9 Å². The third-order valence-corrected chi connectivity index (χ3v) is 1.91. The molecule has 0 aliphatic rings. The van der Waals surface area contributed by atoms with Gasteiger partial charge in [-0.3, -0.25) is 4.98 Å². The number of rotatable bonds is 3. The van der Waals surface area contributed by atoms with Gasteiger partial charge in [-0.2, -0.15) is 0 Å². The second-order valence-electron chi connectivity index (χ2n) is 2.82. The first kappa shape index (κ1) is 8.25. The van der Waals surface area contributed by atoms with Crippen molar-refractivity contribution in [3.05, 3.63) is 37.0 Å². The molecular formula is C10H14N. The van der Waals surface area contributed by atoms with E-state index in [2.05, 4.69) is 31.0 Å². The van der Waals surface area contributed by atoms with Crippen LogP contribution in [0.1, 0.15) is 31.2 Å². The third kappa shape index (κ3) is 2.34. The molecule has 0 bridgehead atoms. The Labute approximate surface area is 68.5 Å². The lowest BCUT2D eigenvalue weighted by molar-refractivity contribution is 0.688. The van der Waals surface area contributed by atoms with E-state index in [-0.39, 0.29) is 0 Å². The van der Waals surface area contributed by atoms with Crippen LogP contribution >= 0.6 is 0 Å². The largest absolute Gasteiger partial charge is 0.265 e. The Balaban J connectivity index is 2.61. The Morgan fingerprint density at radius 1 is 1.45 bits per heavy atom. The van der Waals surface area contributed by atoms with Crippen molar-refractivity contribution >= 4 is 0 Å². The van der Waals surface area contributed by atoms with Gasteiger partial charge in [0.15, 0.2) is 0 Å². The minimum atomic E-state index is 0.621. The predicted molar refractivity (Wildman–Crippen MR) is 47.2 cm³/mol. The molecule has 0 amide bonds. The Hall–Kier alpha value is -0.850. The van der Waals surface area contributed by atoms with Crippen LogP contribution in [-0.2, 0) is 0 Å². The average Bonchev–Trinajstić information content (AvgIpc) is 2.07. The summed E-state index contributed by atoms with van der Waals surface area (Å²) in [6, 6.07) is 4.14. The number of pyridine rings is 1. The lowest BCUT2D eigenvalue weighted by Crippen LogP contribution is -1.91. The van der Waals surface area contributed by atoms with Gasteiger partial charge in [-0.25, -0.2) is 0 Å². The summed E-state index contributed by atoms with van der Waals surface area (Å²) in [5.41, 5.74) is 1.36. The number of hydrogen-bond donors (Lipinski definition) is 0. The molecule has 0 saturated carbocycles. The zero-order chi connectivity index (χ0) is 8.10. The molecule has 59 valence electrons. The van der Waals surface area contributed by atoms with Crippen molar-refractivity contribution in [2.45, 2.75) is 25.7 Å². The van der Waals surface area contributed by atoms with Gasteiger partial charge in [0, 0.05) is 12.4 Å². The summed E-state index contributed by atoms with van der Waals surface area (Å²) in [7, 11) is 0. The predicted octanol–water partition coefficient (Wildman–Crippen LogP) is 2.80. The van der Waals surface area contributed by atoms with Crippen molar-refractivity contribution in [1.29, 1.82) is 0 Å². The molecule has 0 aromatic carbocycles. The molecular weight excluding hydrogens is 134 g/mol. The van der Waals surface area contributed by atoms with Gasteiger partial charge >= 0.3 is 0 Å². The van der Waals surface area contributed by atoms with Gasteiger partial charge in [-0.15, -0.1) is 0 Å². The number of aromatic nitrogens is 1. The van der Waals surface area contributed by atoms with Gasteiger partial charge in [0.05, 0.1) is 0 Å². The van der Waals surface area contributed by atoms with E-state index in [1.807, 2.05) is 12.4 Å². The van der Waals surface area contributed by atoms with E-state index in [1.54, 1.807) is 0 Å². The van der Waals surface area contributed by atoms with Crippen molar-refractivity contribution in [2.24, 2.45) is 0 Å². The van der Waals surface area contributed by atoms with Crippen molar-refractivity contribution in [2.75, 3.05) is 0 Å². The van der Waals surface area contributed by atoms with E-state index in [9.17, 15) is 0 Å². The standard InChI is InChI=1S/C10H14N/c1-3-4-9(2)10-5-7-11-8-6-10/h5-9H,1,3-4H2,2H3. The van der Waals surface area contributed by atoms with Crippen molar-refractivity contribution in [1.82, 2.24) is 4.98 Å². The lowest BCUT2D eigenvalue weighted by Gasteiger charge is -2.08. The van der Waals surface area contributed by atoms with Crippen LogP contribution in [0.3, 0.4) is 0 Å². The van der Waals surface area contributed by atoms with Gasteiger partial charge in [0.25, 0.3) is 0 Å². The lowest BCUT2D eigenvalue weighted by atomic mass is 9.98. The highest BCUT2D eigenvalue weighted by Crippen LogP contribution is 2.18. The highest BCUT2D eigenvalue weighted by atomic mass is 14.6. The van der Waals surface area contributed by atoms with Gasteiger partial charge in [0.1, 0.15) is 0 Å². The SMILES string of the molecule is [CH2]CCC(C)c1ccncc1. The summed E-state index contributed by atoms with van der Waals surface area (Å²) in [5, 5.41) is 0. The fourth-order valence-corrected chi connectivity index (χ4v) is 1.16. The molecule has 1 radical (unpaired) electrons. The third-order valence-electron chi connectivity index (χ3n) is 1.91. The van der Waals surface area contributed by atoms with E-state index in [4.69, 9.17) is 0 Å². The minimum Gasteiger partial charge on any atom is -0.265 e. The summed E-state index contributed by atoms with van der Waals surface area (Å²) in [5.74, 6) is 0.621. The first-order valence-electron chi connectivity index (χ1n) is 4.03. The maximum Gasteiger partial charge on any atom is 0.0270 e. The van der Waals surface area contributed by atoms with Crippen LogP contribution in [0, 0.1) is 6.92 Å². The second kappa shape index (κ2) is 4.12. The molecule has 1 aromatic heterocycles. The molecule has 11 heavy (non-hydrogen) atoms. The van der Waals surface area contributed by atoms with Gasteiger partial charge in [-0.1, -0.05) is 20.3 Å². The Bertz CT molecular complexity index is 193. The molecule has 0 spiro atoms. The molecule has 1 rings (SSSR count). The first-order valence-corrected chi connectivity index (χ1v) is 4.03. The van der Waals surface area contributed by atoms with E-state index < -0.39 is 0 Å².